The second kappa shape index (κ2) is 9.28. The van der Waals surface area contributed by atoms with Crippen LogP contribution in [0.15, 0.2) is 78.5 Å². The summed E-state index contributed by atoms with van der Waals surface area (Å²) in [6, 6.07) is 20.4. The molecule has 0 radical (unpaired) electrons. The minimum absolute atomic E-state index is 0.0426. The zero-order valence-corrected chi connectivity index (χ0v) is 18.8. The average molecular weight is 445 g/mol. The molecule has 33 heavy (non-hydrogen) atoms. The van der Waals surface area contributed by atoms with Crippen LogP contribution < -0.4 is 10.1 Å². The predicted molar refractivity (Wildman–Crippen MR) is 126 cm³/mol. The minimum atomic E-state index is -0.428. The molecular weight excluding hydrogens is 419 g/mol. The molecule has 0 aromatic heterocycles. The molecule has 0 saturated carbocycles. The predicted octanol–water partition coefficient (Wildman–Crippen LogP) is 5.31. The van der Waals surface area contributed by atoms with Crippen molar-refractivity contribution >= 4 is 23.1 Å². The summed E-state index contributed by atoms with van der Waals surface area (Å²) < 4.78 is 19.2. The summed E-state index contributed by atoms with van der Waals surface area (Å²) >= 11 is 0. The summed E-state index contributed by atoms with van der Waals surface area (Å²) in [6.07, 6.45) is 0.0426. The van der Waals surface area contributed by atoms with E-state index in [-0.39, 0.29) is 23.9 Å². The van der Waals surface area contributed by atoms with Gasteiger partial charge < -0.3 is 10.1 Å². The zero-order chi connectivity index (χ0) is 23.5. The Morgan fingerprint density at radius 1 is 0.879 bits per heavy atom. The standard InChI is InChI=1S/C27H25FN2O3/c1-17(2)33-23-14-12-22(13-15-23)29-25-24(20-8-10-21(28)11-9-20)26(31)30(27(25)32)16-19-6-4-18(3)5-7-19/h4-15,17,29H,16H2,1-3H3. The maximum Gasteiger partial charge on any atom is 0.278 e. The number of ether oxygens (including phenoxy) is 1. The highest BCUT2D eigenvalue weighted by atomic mass is 19.1. The Morgan fingerprint density at radius 3 is 2.12 bits per heavy atom. The third kappa shape index (κ3) is 4.95. The number of anilines is 1. The van der Waals surface area contributed by atoms with Crippen molar-refractivity contribution in [1.82, 2.24) is 4.90 Å². The SMILES string of the molecule is Cc1ccc(CN2C(=O)C(Nc3ccc(OC(C)C)cc3)=C(c3ccc(F)cc3)C2=O)cc1. The van der Waals surface area contributed by atoms with Crippen LogP contribution in [-0.4, -0.2) is 22.8 Å². The molecule has 1 heterocycles. The topological polar surface area (TPSA) is 58.6 Å². The van der Waals surface area contributed by atoms with E-state index in [1.165, 1.54) is 29.2 Å². The van der Waals surface area contributed by atoms with Crippen LogP contribution >= 0.6 is 0 Å². The van der Waals surface area contributed by atoms with Gasteiger partial charge in [0, 0.05) is 5.69 Å². The maximum absolute atomic E-state index is 13.5. The van der Waals surface area contributed by atoms with Gasteiger partial charge in [-0.15, -0.1) is 0 Å². The van der Waals surface area contributed by atoms with Gasteiger partial charge in [-0.3, -0.25) is 14.5 Å². The molecule has 5 nitrogen and oxygen atoms in total. The van der Waals surface area contributed by atoms with E-state index in [0.29, 0.717) is 17.0 Å². The van der Waals surface area contributed by atoms with Crippen molar-refractivity contribution in [2.45, 2.75) is 33.4 Å². The smallest absolute Gasteiger partial charge is 0.278 e. The van der Waals surface area contributed by atoms with Crippen molar-refractivity contribution in [2.24, 2.45) is 0 Å². The Morgan fingerprint density at radius 2 is 1.52 bits per heavy atom. The number of imide groups is 1. The first kappa shape index (κ1) is 22.3. The monoisotopic (exact) mass is 444 g/mol. The lowest BCUT2D eigenvalue weighted by Gasteiger charge is -2.16. The van der Waals surface area contributed by atoms with Gasteiger partial charge in [0.15, 0.2) is 0 Å². The van der Waals surface area contributed by atoms with Crippen LogP contribution in [0.25, 0.3) is 5.57 Å². The van der Waals surface area contributed by atoms with Crippen LogP contribution in [-0.2, 0) is 16.1 Å². The molecule has 0 bridgehead atoms. The highest BCUT2D eigenvalue weighted by Crippen LogP contribution is 2.32. The second-order valence-corrected chi connectivity index (χ2v) is 8.25. The van der Waals surface area contributed by atoms with E-state index in [4.69, 9.17) is 4.74 Å². The summed E-state index contributed by atoms with van der Waals surface area (Å²) in [5.41, 5.74) is 3.43. The van der Waals surface area contributed by atoms with Gasteiger partial charge in [0.2, 0.25) is 0 Å². The van der Waals surface area contributed by atoms with E-state index in [0.717, 1.165) is 11.1 Å². The first-order valence-electron chi connectivity index (χ1n) is 10.8. The lowest BCUT2D eigenvalue weighted by atomic mass is 10.0. The molecule has 0 saturated heterocycles. The Bertz CT molecular complexity index is 1200. The molecule has 6 heteroatoms. The molecule has 4 rings (SSSR count). The lowest BCUT2D eigenvalue weighted by molar-refractivity contribution is -0.137. The fourth-order valence-electron chi connectivity index (χ4n) is 3.63. The first-order valence-corrected chi connectivity index (χ1v) is 10.8. The summed E-state index contributed by atoms with van der Waals surface area (Å²) in [7, 11) is 0. The van der Waals surface area contributed by atoms with E-state index in [9.17, 15) is 14.0 Å². The van der Waals surface area contributed by atoms with Gasteiger partial charge in [-0.25, -0.2) is 4.39 Å². The maximum atomic E-state index is 13.5. The van der Waals surface area contributed by atoms with Crippen molar-refractivity contribution in [3.05, 3.63) is 101 Å². The van der Waals surface area contributed by atoms with Crippen LogP contribution in [0.3, 0.4) is 0 Å². The second-order valence-electron chi connectivity index (χ2n) is 8.25. The largest absolute Gasteiger partial charge is 0.491 e. The number of benzene rings is 3. The fourth-order valence-corrected chi connectivity index (χ4v) is 3.63. The van der Waals surface area contributed by atoms with E-state index in [2.05, 4.69) is 5.32 Å². The Hall–Kier alpha value is -3.93. The van der Waals surface area contributed by atoms with Gasteiger partial charge in [-0.1, -0.05) is 42.0 Å². The number of nitrogens with one attached hydrogen (secondary N) is 1. The van der Waals surface area contributed by atoms with Gasteiger partial charge in [-0.05, 0) is 68.3 Å². The molecule has 1 N–H and O–H groups in total. The van der Waals surface area contributed by atoms with Gasteiger partial charge in [-0.2, -0.15) is 0 Å². The zero-order valence-electron chi connectivity index (χ0n) is 18.8. The molecule has 0 fully saturated rings. The fraction of sp³-hybridized carbons (Fsp3) is 0.185. The number of carbonyl (C=O) groups excluding carboxylic acids is 2. The normalized spacial score (nSPS) is 13.8. The Balaban J connectivity index is 1.67. The number of carbonyl (C=O) groups is 2. The minimum Gasteiger partial charge on any atom is -0.491 e. The number of rotatable bonds is 7. The molecule has 3 aromatic rings. The third-order valence-electron chi connectivity index (χ3n) is 5.26. The van der Waals surface area contributed by atoms with E-state index >= 15 is 0 Å². The highest BCUT2D eigenvalue weighted by Gasteiger charge is 2.39. The molecule has 1 aliphatic heterocycles. The molecular formula is C27H25FN2O3. The van der Waals surface area contributed by atoms with Gasteiger partial charge in [0.05, 0.1) is 18.2 Å². The molecule has 168 valence electrons. The molecule has 0 unspecified atom stereocenters. The summed E-state index contributed by atoms with van der Waals surface area (Å²) in [5.74, 6) is -0.558. The summed E-state index contributed by atoms with van der Waals surface area (Å²) in [6.45, 7) is 6.01. The summed E-state index contributed by atoms with van der Waals surface area (Å²) in [4.78, 5) is 27.9. The van der Waals surface area contributed by atoms with Crippen LogP contribution in [0.1, 0.15) is 30.5 Å². The van der Waals surface area contributed by atoms with Crippen LogP contribution in [0.5, 0.6) is 5.75 Å². The van der Waals surface area contributed by atoms with Crippen molar-refractivity contribution in [3.8, 4) is 5.75 Å². The molecule has 0 atom stereocenters. The van der Waals surface area contributed by atoms with Crippen molar-refractivity contribution in [3.63, 3.8) is 0 Å². The van der Waals surface area contributed by atoms with Crippen LogP contribution in [0, 0.1) is 12.7 Å². The van der Waals surface area contributed by atoms with Crippen LogP contribution in [0.2, 0.25) is 0 Å². The Kier molecular flexibility index (Phi) is 6.27. The number of hydrogen-bond acceptors (Lipinski definition) is 4. The van der Waals surface area contributed by atoms with E-state index in [1.54, 1.807) is 24.3 Å². The van der Waals surface area contributed by atoms with Gasteiger partial charge in [0.25, 0.3) is 11.8 Å². The van der Waals surface area contributed by atoms with E-state index < -0.39 is 17.6 Å². The third-order valence-corrected chi connectivity index (χ3v) is 5.26. The molecule has 2 amide bonds. The quantitative estimate of drug-likeness (QED) is 0.502. The number of nitrogens with zero attached hydrogens (tertiary/aromatic N) is 1. The molecule has 1 aliphatic rings. The number of hydrogen-bond donors (Lipinski definition) is 1. The first-order chi connectivity index (χ1) is 15.8. The van der Waals surface area contributed by atoms with Gasteiger partial charge in [0.1, 0.15) is 17.3 Å². The van der Waals surface area contributed by atoms with Crippen molar-refractivity contribution in [2.75, 3.05) is 5.32 Å². The van der Waals surface area contributed by atoms with Crippen molar-refractivity contribution < 1.29 is 18.7 Å². The Labute approximate surface area is 192 Å². The number of aryl methyl sites for hydroxylation is 1. The highest BCUT2D eigenvalue weighted by molar-refractivity contribution is 6.36. The van der Waals surface area contributed by atoms with Crippen LogP contribution in [0.4, 0.5) is 10.1 Å². The molecule has 3 aromatic carbocycles. The molecule has 0 aliphatic carbocycles. The van der Waals surface area contributed by atoms with Gasteiger partial charge >= 0.3 is 0 Å². The number of amides is 2. The number of halogens is 1. The van der Waals surface area contributed by atoms with E-state index in [1.807, 2.05) is 45.0 Å². The summed E-state index contributed by atoms with van der Waals surface area (Å²) in [5, 5.41) is 3.11. The average Bonchev–Trinajstić information content (AvgIpc) is 3.01. The van der Waals surface area contributed by atoms with Crippen molar-refractivity contribution in [1.29, 1.82) is 0 Å². The lowest BCUT2D eigenvalue weighted by Crippen LogP contribution is -2.32. The molecule has 0 spiro atoms.